The Morgan fingerprint density at radius 2 is 1.34 bits per heavy atom. The van der Waals surface area contributed by atoms with Crippen LogP contribution in [0, 0.1) is 0 Å². The average molecular weight is 430 g/mol. The van der Waals surface area contributed by atoms with E-state index in [1.54, 1.807) is 48.5 Å². The fourth-order valence-corrected chi connectivity index (χ4v) is 3.08. The summed E-state index contributed by atoms with van der Waals surface area (Å²) < 4.78 is 0. The number of rotatable bonds is 6. The molecule has 0 unspecified atom stereocenters. The van der Waals surface area contributed by atoms with Gasteiger partial charge in [-0.2, -0.15) is 0 Å². The topological polar surface area (TPSA) is 87.3 Å². The quantitative estimate of drug-likeness (QED) is 0.533. The van der Waals surface area contributed by atoms with E-state index in [-0.39, 0.29) is 24.1 Å². The van der Waals surface area contributed by atoms with Crippen molar-refractivity contribution >= 4 is 29.1 Å². The predicted molar refractivity (Wildman–Crippen MR) is 127 cm³/mol. The van der Waals surface area contributed by atoms with Crippen LogP contribution in [0.5, 0.6) is 0 Å². The van der Waals surface area contributed by atoms with Crippen LogP contribution in [0.4, 0.5) is 11.4 Å². The molecule has 0 aliphatic heterocycles. The smallest absolute Gasteiger partial charge is 0.255 e. The van der Waals surface area contributed by atoms with E-state index in [4.69, 9.17) is 0 Å². The Hall–Kier alpha value is -3.93. The predicted octanol–water partition coefficient (Wildman–Crippen LogP) is 4.65. The Balaban J connectivity index is 1.64. The van der Waals surface area contributed by atoms with Gasteiger partial charge < -0.3 is 16.0 Å². The van der Waals surface area contributed by atoms with E-state index in [1.807, 2.05) is 51.1 Å². The molecule has 6 nitrogen and oxygen atoms in total. The lowest BCUT2D eigenvalue weighted by Crippen LogP contribution is -2.40. The maximum Gasteiger partial charge on any atom is 0.255 e. The molecule has 0 atom stereocenters. The lowest BCUT2D eigenvalue weighted by atomic mass is 10.1. The van der Waals surface area contributed by atoms with Crippen LogP contribution in [0.2, 0.25) is 0 Å². The van der Waals surface area contributed by atoms with Crippen molar-refractivity contribution < 1.29 is 14.4 Å². The first kappa shape index (κ1) is 22.7. The summed E-state index contributed by atoms with van der Waals surface area (Å²) in [5.74, 6) is -0.736. The number of amides is 3. The monoisotopic (exact) mass is 429 g/mol. The molecule has 3 aromatic rings. The minimum absolute atomic E-state index is 0.132. The summed E-state index contributed by atoms with van der Waals surface area (Å²) in [5, 5.41) is 8.53. The summed E-state index contributed by atoms with van der Waals surface area (Å²) in [6.45, 7) is 5.69. The number of para-hydroxylation sites is 1. The van der Waals surface area contributed by atoms with E-state index in [9.17, 15) is 14.4 Å². The Labute approximate surface area is 188 Å². The second-order valence-corrected chi connectivity index (χ2v) is 8.49. The third-order valence-corrected chi connectivity index (χ3v) is 4.55. The summed E-state index contributed by atoms with van der Waals surface area (Å²) in [6.07, 6.45) is 0.274. The van der Waals surface area contributed by atoms with Gasteiger partial charge in [0.2, 0.25) is 5.91 Å². The van der Waals surface area contributed by atoms with Gasteiger partial charge in [-0.05, 0) is 62.7 Å². The number of hydrogen-bond donors (Lipinski definition) is 3. The SMILES string of the molecule is CC(C)(C)NC(=O)c1ccccc1NC(=O)c1ccc(NC(=O)Cc2ccccc2)cc1. The first-order chi connectivity index (χ1) is 15.2. The van der Waals surface area contributed by atoms with Gasteiger partial charge in [0.1, 0.15) is 0 Å². The van der Waals surface area contributed by atoms with Crippen molar-refractivity contribution in [1.29, 1.82) is 0 Å². The largest absolute Gasteiger partial charge is 0.347 e. The fraction of sp³-hybridized carbons (Fsp3) is 0.192. The average Bonchev–Trinajstić information content (AvgIpc) is 2.74. The molecule has 0 heterocycles. The van der Waals surface area contributed by atoms with Crippen LogP contribution in [0.15, 0.2) is 78.9 Å². The van der Waals surface area contributed by atoms with Crippen molar-refractivity contribution in [2.45, 2.75) is 32.7 Å². The normalized spacial score (nSPS) is 10.8. The van der Waals surface area contributed by atoms with Gasteiger partial charge in [0.05, 0.1) is 17.7 Å². The highest BCUT2D eigenvalue weighted by molar-refractivity contribution is 6.09. The molecule has 3 amide bonds. The van der Waals surface area contributed by atoms with Crippen LogP contribution >= 0.6 is 0 Å². The van der Waals surface area contributed by atoms with Gasteiger partial charge in [-0.3, -0.25) is 14.4 Å². The Kier molecular flexibility index (Phi) is 7.05. The second kappa shape index (κ2) is 9.92. The molecular weight excluding hydrogens is 402 g/mol. The molecule has 0 aliphatic carbocycles. The zero-order valence-electron chi connectivity index (χ0n) is 18.4. The molecule has 6 heteroatoms. The van der Waals surface area contributed by atoms with Gasteiger partial charge >= 0.3 is 0 Å². The second-order valence-electron chi connectivity index (χ2n) is 8.49. The fourth-order valence-electron chi connectivity index (χ4n) is 3.08. The molecule has 0 saturated carbocycles. The molecule has 0 radical (unpaired) electrons. The molecular formula is C26H27N3O3. The molecule has 3 N–H and O–H groups in total. The van der Waals surface area contributed by atoms with Gasteiger partial charge in [-0.25, -0.2) is 0 Å². The van der Waals surface area contributed by atoms with Crippen molar-refractivity contribution in [3.05, 3.63) is 95.6 Å². The summed E-state index contributed by atoms with van der Waals surface area (Å²) in [7, 11) is 0. The number of carbonyl (C=O) groups excluding carboxylic acids is 3. The van der Waals surface area contributed by atoms with Crippen molar-refractivity contribution in [3.8, 4) is 0 Å². The molecule has 0 bridgehead atoms. The molecule has 164 valence electrons. The van der Waals surface area contributed by atoms with Crippen LogP contribution < -0.4 is 16.0 Å². The maximum atomic E-state index is 12.7. The van der Waals surface area contributed by atoms with E-state index in [0.717, 1.165) is 5.56 Å². The number of anilines is 2. The van der Waals surface area contributed by atoms with E-state index >= 15 is 0 Å². The zero-order chi connectivity index (χ0) is 23.1. The summed E-state index contributed by atoms with van der Waals surface area (Å²) in [4.78, 5) is 37.5. The van der Waals surface area contributed by atoms with Crippen LogP contribution in [0.25, 0.3) is 0 Å². The minimum atomic E-state index is -0.394. The number of carbonyl (C=O) groups is 3. The molecule has 0 aromatic heterocycles. The summed E-state index contributed by atoms with van der Waals surface area (Å²) in [5.41, 5.74) is 2.37. The molecule has 0 spiro atoms. The third-order valence-electron chi connectivity index (χ3n) is 4.55. The first-order valence-corrected chi connectivity index (χ1v) is 10.4. The maximum absolute atomic E-state index is 12.7. The highest BCUT2D eigenvalue weighted by atomic mass is 16.2. The summed E-state index contributed by atoms with van der Waals surface area (Å²) >= 11 is 0. The van der Waals surface area contributed by atoms with Crippen molar-refractivity contribution in [3.63, 3.8) is 0 Å². The third kappa shape index (κ3) is 6.54. The van der Waals surface area contributed by atoms with Crippen LogP contribution in [-0.4, -0.2) is 23.3 Å². The van der Waals surface area contributed by atoms with E-state index in [2.05, 4.69) is 16.0 Å². The van der Waals surface area contributed by atoms with E-state index < -0.39 is 5.54 Å². The van der Waals surface area contributed by atoms with Gasteiger partial charge in [0.15, 0.2) is 0 Å². The van der Waals surface area contributed by atoms with Crippen LogP contribution in [0.1, 0.15) is 47.1 Å². The van der Waals surface area contributed by atoms with Crippen molar-refractivity contribution in [1.82, 2.24) is 5.32 Å². The van der Waals surface area contributed by atoms with Crippen molar-refractivity contribution in [2.75, 3.05) is 10.6 Å². The Morgan fingerprint density at radius 1 is 0.719 bits per heavy atom. The standard InChI is InChI=1S/C26H27N3O3/c1-26(2,3)29-25(32)21-11-7-8-12-22(21)28-24(31)19-13-15-20(16-14-19)27-23(30)17-18-9-5-4-6-10-18/h4-16H,17H2,1-3H3,(H,27,30)(H,28,31)(H,29,32). The highest BCUT2D eigenvalue weighted by Gasteiger charge is 2.19. The van der Waals surface area contributed by atoms with Gasteiger partial charge in [0.25, 0.3) is 11.8 Å². The molecule has 0 saturated heterocycles. The van der Waals surface area contributed by atoms with Gasteiger partial charge in [0, 0.05) is 16.8 Å². The van der Waals surface area contributed by atoms with Crippen LogP contribution in [-0.2, 0) is 11.2 Å². The molecule has 32 heavy (non-hydrogen) atoms. The van der Waals surface area contributed by atoms with Crippen molar-refractivity contribution in [2.24, 2.45) is 0 Å². The zero-order valence-corrected chi connectivity index (χ0v) is 18.4. The summed E-state index contributed by atoms with van der Waals surface area (Å²) in [6, 6.07) is 23.0. The lowest BCUT2D eigenvalue weighted by molar-refractivity contribution is -0.115. The molecule has 0 fully saturated rings. The lowest BCUT2D eigenvalue weighted by Gasteiger charge is -2.21. The first-order valence-electron chi connectivity index (χ1n) is 10.4. The van der Waals surface area contributed by atoms with E-state index in [0.29, 0.717) is 22.5 Å². The van der Waals surface area contributed by atoms with Crippen LogP contribution in [0.3, 0.4) is 0 Å². The Bertz CT molecular complexity index is 1100. The molecule has 3 rings (SSSR count). The molecule has 0 aliphatic rings. The van der Waals surface area contributed by atoms with Gasteiger partial charge in [-0.15, -0.1) is 0 Å². The number of hydrogen-bond acceptors (Lipinski definition) is 3. The minimum Gasteiger partial charge on any atom is -0.347 e. The highest BCUT2D eigenvalue weighted by Crippen LogP contribution is 2.18. The number of benzene rings is 3. The van der Waals surface area contributed by atoms with Gasteiger partial charge in [-0.1, -0.05) is 42.5 Å². The van der Waals surface area contributed by atoms with E-state index in [1.165, 1.54) is 0 Å². The Morgan fingerprint density at radius 3 is 2.00 bits per heavy atom. The number of nitrogens with one attached hydrogen (secondary N) is 3. The molecule has 3 aromatic carbocycles.